The van der Waals surface area contributed by atoms with Gasteiger partial charge >= 0.3 is 0 Å². The number of ether oxygens (including phenoxy) is 1. The average molecular weight is 258 g/mol. The highest BCUT2D eigenvalue weighted by atomic mass is 16.5. The molecule has 1 unspecified atom stereocenters. The Balaban J connectivity index is 2.26. The summed E-state index contributed by atoms with van der Waals surface area (Å²) in [6, 6.07) is 14.3. The summed E-state index contributed by atoms with van der Waals surface area (Å²) in [5.41, 5.74) is 0.658. The number of phenolic OH excluding ortho intramolecular Hbond substituents is 1. The first-order valence-corrected chi connectivity index (χ1v) is 6.16. The van der Waals surface area contributed by atoms with Crippen molar-refractivity contribution in [2.45, 2.75) is 18.9 Å². The molecule has 100 valence electrons. The Morgan fingerprint density at radius 3 is 2.53 bits per heavy atom. The molecule has 0 aliphatic heterocycles. The zero-order valence-corrected chi connectivity index (χ0v) is 11.1. The van der Waals surface area contributed by atoms with Crippen LogP contribution in [0.2, 0.25) is 0 Å². The lowest BCUT2D eigenvalue weighted by Gasteiger charge is -2.24. The third-order valence-corrected chi connectivity index (χ3v) is 3.15. The van der Waals surface area contributed by atoms with Gasteiger partial charge in [0.1, 0.15) is 11.5 Å². The van der Waals surface area contributed by atoms with Crippen LogP contribution in [-0.2, 0) is 12.0 Å². The number of aromatic hydroxyl groups is 1. The summed E-state index contributed by atoms with van der Waals surface area (Å²) in [6.45, 7) is 1.76. The average Bonchev–Trinajstić information content (AvgIpc) is 2.38. The van der Waals surface area contributed by atoms with Crippen molar-refractivity contribution in [3.05, 3.63) is 59.7 Å². The van der Waals surface area contributed by atoms with Crippen molar-refractivity contribution in [2.24, 2.45) is 0 Å². The summed E-state index contributed by atoms with van der Waals surface area (Å²) in [6.07, 6.45) is 0.425. The molecule has 2 aromatic carbocycles. The van der Waals surface area contributed by atoms with Gasteiger partial charge in [-0.1, -0.05) is 24.3 Å². The molecule has 0 spiro atoms. The predicted molar refractivity (Wildman–Crippen MR) is 74.4 cm³/mol. The summed E-state index contributed by atoms with van der Waals surface area (Å²) >= 11 is 0. The van der Waals surface area contributed by atoms with Crippen LogP contribution in [0.4, 0.5) is 0 Å². The van der Waals surface area contributed by atoms with Crippen LogP contribution in [-0.4, -0.2) is 17.3 Å². The number of methoxy groups -OCH3 is 1. The lowest BCUT2D eigenvalue weighted by molar-refractivity contribution is 0.0573. The summed E-state index contributed by atoms with van der Waals surface area (Å²) in [4.78, 5) is 0. The van der Waals surface area contributed by atoms with E-state index in [1.54, 1.807) is 32.2 Å². The third-order valence-electron chi connectivity index (χ3n) is 3.15. The Bertz CT molecular complexity index is 561. The van der Waals surface area contributed by atoms with Crippen molar-refractivity contribution >= 4 is 0 Å². The van der Waals surface area contributed by atoms with Crippen LogP contribution in [0.3, 0.4) is 0 Å². The third kappa shape index (κ3) is 3.26. The molecule has 1 atom stereocenters. The first kappa shape index (κ1) is 13.4. The van der Waals surface area contributed by atoms with Gasteiger partial charge in [-0.2, -0.15) is 0 Å². The molecule has 0 heterocycles. The van der Waals surface area contributed by atoms with Crippen LogP contribution < -0.4 is 4.74 Å². The first-order chi connectivity index (χ1) is 9.01. The maximum absolute atomic E-state index is 10.6. The maximum atomic E-state index is 10.6. The van der Waals surface area contributed by atoms with Gasteiger partial charge in [0, 0.05) is 6.42 Å². The molecule has 0 saturated carbocycles. The second-order valence-corrected chi connectivity index (χ2v) is 4.85. The van der Waals surface area contributed by atoms with Gasteiger partial charge in [0.05, 0.1) is 12.7 Å². The Morgan fingerprint density at radius 2 is 1.84 bits per heavy atom. The van der Waals surface area contributed by atoms with Crippen molar-refractivity contribution < 1.29 is 14.9 Å². The van der Waals surface area contributed by atoms with Gasteiger partial charge in [0.2, 0.25) is 0 Å². The Hall–Kier alpha value is -2.00. The smallest absolute Gasteiger partial charge is 0.119 e. The number of hydrogen-bond acceptors (Lipinski definition) is 3. The standard InChI is InChI=1S/C16H18O3/c1-16(18,11-12-5-3-7-14(17)9-12)13-6-4-8-15(10-13)19-2/h3-10,17-18H,11H2,1-2H3. The molecule has 0 radical (unpaired) electrons. The highest BCUT2D eigenvalue weighted by Crippen LogP contribution is 2.28. The number of hydrogen-bond donors (Lipinski definition) is 2. The number of aliphatic hydroxyl groups is 1. The number of phenols is 1. The van der Waals surface area contributed by atoms with Crippen LogP contribution in [0, 0.1) is 0 Å². The normalized spacial score (nSPS) is 13.8. The second kappa shape index (κ2) is 5.33. The topological polar surface area (TPSA) is 49.7 Å². The summed E-state index contributed by atoms with van der Waals surface area (Å²) in [5.74, 6) is 0.924. The van der Waals surface area contributed by atoms with E-state index in [0.717, 1.165) is 11.1 Å². The van der Waals surface area contributed by atoms with E-state index in [0.29, 0.717) is 12.2 Å². The molecule has 0 amide bonds. The molecule has 2 aromatic rings. The van der Waals surface area contributed by atoms with Gasteiger partial charge in [-0.3, -0.25) is 0 Å². The molecule has 2 rings (SSSR count). The lowest BCUT2D eigenvalue weighted by atomic mass is 9.89. The van der Waals surface area contributed by atoms with Gasteiger partial charge in [-0.25, -0.2) is 0 Å². The van der Waals surface area contributed by atoms with Crippen molar-refractivity contribution in [3.63, 3.8) is 0 Å². The summed E-state index contributed by atoms with van der Waals surface area (Å²) in [5, 5.41) is 20.1. The lowest BCUT2D eigenvalue weighted by Crippen LogP contribution is -2.24. The molecule has 19 heavy (non-hydrogen) atoms. The molecule has 0 aromatic heterocycles. The molecule has 0 saturated heterocycles. The van der Waals surface area contributed by atoms with Crippen LogP contribution in [0.25, 0.3) is 0 Å². The Kier molecular flexibility index (Phi) is 3.76. The van der Waals surface area contributed by atoms with E-state index in [1.165, 1.54) is 0 Å². The van der Waals surface area contributed by atoms with Gasteiger partial charge in [-0.15, -0.1) is 0 Å². The van der Waals surface area contributed by atoms with Gasteiger partial charge < -0.3 is 14.9 Å². The summed E-state index contributed by atoms with van der Waals surface area (Å²) in [7, 11) is 1.60. The highest BCUT2D eigenvalue weighted by molar-refractivity contribution is 5.34. The number of rotatable bonds is 4. The van der Waals surface area contributed by atoms with E-state index in [9.17, 15) is 10.2 Å². The molecule has 2 N–H and O–H groups in total. The van der Waals surface area contributed by atoms with Crippen LogP contribution in [0.5, 0.6) is 11.5 Å². The largest absolute Gasteiger partial charge is 0.508 e. The minimum atomic E-state index is -1.01. The fraction of sp³-hybridized carbons (Fsp3) is 0.250. The summed E-state index contributed by atoms with van der Waals surface area (Å²) < 4.78 is 5.17. The molecule has 3 nitrogen and oxygen atoms in total. The molecular weight excluding hydrogens is 240 g/mol. The van der Waals surface area contributed by atoms with E-state index in [2.05, 4.69) is 0 Å². The second-order valence-electron chi connectivity index (χ2n) is 4.85. The van der Waals surface area contributed by atoms with E-state index in [-0.39, 0.29) is 5.75 Å². The molecule has 0 aliphatic rings. The predicted octanol–water partition coefficient (Wildman–Crippen LogP) is 2.85. The van der Waals surface area contributed by atoms with E-state index in [4.69, 9.17) is 4.74 Å². The SMILES string of the molecule is COc1cccc(C(C)(O)Cc2cccc(O)c2)c1. The monoisotopic (exact) mass is 258 g/mol. The molecule has 0 fully saturated rings. The highest BCUT2D eigenvalue weighted by Gasteiger charge is 2.24. The fourth-order valence-corrected chi connectivity index (χ4v) is 2.12. The quantitative estimate of drug-likeness (QED) is 0.886. The van der Waals surface area contributed by atoms with Crippen LogP contribution in [0.15, 0.2) is 48.5 Å². The maximum Gasteiger partial charge on any atom is 0.119 e. The van der Waals surface area contributed by atoms with E-state index in [1.807, 2.05) is 30.3 Å². The Morgan fingerprint density at radius 1 is 1.11 bits per heavy atom. The molecule has 0 bridgehead atoms. The Labute approximate surface area is 113 Å². The van der Waals surface area contributed by atoms with Crippen molar-refractivity contribution in [3.8, 4) is 11.5 Å². The van der Waals surface area contributed by atoms with Crippen molar-refractivity contribution in [2.75, 3.05) is 7.11 Å². The van der Waals surface area contributed by atoms with Crippen LogP contribution in [0.1, 0.15) is 18.1 Å². The first-order valence-electron chi connectivity index (χ1n) is 6.16. The molecular formula is C16H18O3. The fourth-order valence-electron chi connectivity index (χ4n) is 2.12. The van der Waals surface area contributed by atoms with Gasteiger partial charge in [0.25, 0.3) is 0 Å². The molecule has 0 aliphatic carbocycles. The number of benzene rings is 2. The van der Waals surface area contributed by atoms with Crippen molar-refractivity contribution in [1.29, 1.82) is 0 Å². The minimum Gasteiger partial charge on any atom is -0.508 e. The zero-order valence-electron chi connectivity index (χ0n) is 11.1. The van der Waals surface area contributed by atoms with E-state index < -0.39 is 5.60 Å². The van der Waals surface area contributed by atoms with Crippen LogP contribution >= 0.6 is 0 Å². The zero-order chi connectivity index (χ0) is 13.9. The minimum absolute atomic E-state index is 0.207. The van der Waals surface area contributed by atoms with Crippen molar-refractivity contribution in [1.82, 2.24) is 0 Å². The van der Waals surface area contributed by atoms with Gasteiger partial charge in [0.15, 0.2) is 0 Å². The van der Waals surface area contributed by atoms with Gasteiger partial charge in [-0.05, 0) is 42.3 Å². The molecule has 3 heteroatoms. The van der Waals surface area contributed by atoms with E-state index >= 15 is 0 Å².